The van der Waals surface area contributed by atoms with Gasteiger partial charge in [0.1, 0.15) is 5.69 Å². The van der Waals surface area contributed by atoms with Gasteiger partial charge < -0.3 is 0 Å². The summed E-state index contributed by atoms with van der Waals surface area (Å²) in [5, 5.41) is 5.94. The van der Waals surface area contributed by atoms with Gasteiger partial charge in [-0.1, -0.05) is 41.9 Å². The Morgan fingerprint density at radius 3 is 2.80 bits per heavy atom. The third kappa shape index (κ3) is 2.21. The first-order valence-electron chi connectivity index (χ1n) is 6.35. The molecule has 0 saturated carbocycles. The average molecular weight is 285 g/mol. The van der Waals surface area contributed by atoms with Crippen LogP contribution in [0.4, 0.5) is 0 Å². The summed E-state index contributed by atoms with van der Waals surface area (Å²) >= 11 is 6.26. The second-order valence-corrected chi connectivity index (χ2v) is 5.18. The molecular formula is C16H13ClN2O. The van der Waals surface area contributed by atoms with E-state index in [0.29, 0.717) is 12.2 Å². The molecule has 0 saturated heterocycles. The van der Waals surface area contributed by atoms with E-state index in [1.165, 1.54) is 0 Å². The smallest absolute Gasteiger partial charge is 0.170 e. The SMILES string of the molecule is Cc1ccc(Cn2nc(C=O)c3ccccc32)c(Cl)c1. The Morgan fingerprint density at radius 1 is 1.25 bits per heavy atom. The number of nitrogens with zero attached hydrogens (tertiary/aromatic N) is 2. The van der Waals surface area contributed by atoms with E-state index in [1.54, 1.807) is 0 Å². The van der Waals surface area contributed by atoms with Crippen LogP contribution in [0.1, 0.15) is 21.6 Å². The minimum atomic E-state index is 0.462. The molecule has 0 aliphatic carbocycles. The van der Waals surface area contributed by atoms with Crippen molar-refractivity contribution in [2.24, 2.45) is 0 Å². The number of aryl methyl sites for hydroxylation is 1. The maximum Gasteiger partial charge on any atom is 0.170 e. The molecule has 0 aliphatic heterocycles. The summed E-state index contributed by atoms with van der Waals surface area (Å²) in [4.78, 5) is 11.1. The summed E-state index contributed by atoms with van der Waals surface area (Å²) in [6.07, 6.45) is 0.787. The Balaban J connectivity index is 2.09. The van der Waals surface area contributed by atoms with Crippen molar-refractivity contribution >= 4 is 28.8 Å². The fourth-order valence-corrected chi connectivity index (χ4v) is 2.60. The number of aromatic nitrogens is 2. The molecule has 0 atom stereocenters. The van der Waals surface area contributed by atoms with Crippen LogP contribution in [-0.4, -0.2) is 16.1 Å². The topological polar surface area (TPSA) is 34.9 Å². The molecule has 1 heterocycles. The lowest BCUT2D eigenvalue weighted by atomic mass is 10.1. The summed E-state index contributed by atoms with van der Waals surface area (Å²) in [5.74, 6) is 0. The Morgan fingerprint density at radius 2 is 2.05 bits per heavy atom. The van der Waals surface area contributed by atoms with Crippen LogP contribution in [0, 0.1) is 6.92 Å². The molecule has 0 fully saturated rings. The third-order valence-corrected chi connectivity index (χ3v) is 3.68. The van der Waals surface area contributed by atoms with Crippen molar-refractivity contribution in [2.75, 3.05) is 0 Å². The van der Waals surface area contributed by atoms with Gasteiger partial charge in [0.25, 0.3) is 0 Å². The number of halogens is 1. The zero-order valence-electron chi connectivity index (χ0n) is 11.0. The van der Waals surface area contributed by atoms with Gasteiger partial charge in [-0.25, -0.2) is 0 Å². The van der Waals surface area contributed by atoms with Gasteiger partial charge in [0.2, 0.25) is 0 Å². The standard InChI is InChI=1S/C16H13ClN2O/c1-11-6-7-12(14(17)8-11)9-19-16-5-3-2-4-13(16)15(10-20)18-19/h2-8,10H,9H2,1H3. The van der Waals surface area contributed by atoms with Crippen LogP contribution in [-0.2, 0) is 6.54 Å². The van der Waals surface area contributed by atoms with Crippen LogP contribution >= 0.6 is 11.6 Å². The number of aldehydes is 1. The molecule has 2 aromatic carbocycles. The predicted octanol–water partition coefficient (Wildman–Crippen LogP) is 3.86. The fraction of sp³-hybridized carbons (Fsp3) is 0.125. The van der Waals surface area contributed by atoms with Gasteiger partial charge in [0, 0.05) is 10.4 Å². The molecule has 1 aromatic heterocycles. The van der Waals surface area contributed by atoms with Crippen molar-refractivity contribution in [1.29, 1.82) is 0 Å². The molecule has 0 spiro atoms. The van der Waals surface area contributed by atoms with Gasteiger partial charge in [0.05, 0.1) is 12.1 Å². The molecule has 0 aliphatic rings. The summed E-state index contributed by atoms with van der Waals surface area (Å²) in [5.41, 5.74) is 3.51. The minimum absolute atomic E-state index is 0.462. The van der Waals surface area contributed by atoms with Crippen molar-refractivity contribution < 1.29 is 4.79 Å². The number of hydrogen-bond donors (Lipinski definition) is 0. The Hall–Kier alpha value is -2.13. The van der Waals surface area contributed by atoms with Gasteiger partial charge >= 0.3 is 0 Å². The van der Waals surface area contributed by atoms with Gasteiger partial charge in [-0.2, -0.15) is 5.10 Å². The first-order chi connectivity index (χ1) is 9.69. The summed E-state index contributed by atoms with van der Waals surface area (Å²) in [6.45, 7) is 2.55. The number of hydrogen-bond acceptors (Lipinski definition) is 2. The molecule has 20 heavy (non-hydrogen) atoms. The van der Waals surface area contributed by atoms with E-state index in [-0.39, 0.29) is 0 Å². The molecule has 0 N–H and O–H groups in total. The van der Waals surface area contributed by atoms with E-state index in [0.717, 1.165) is 33.3 Å². The molecule has 0 amide bonds. The zero-order valence-corrected chi connectivity index (χ0v) is 11.8. The lowest BCUT2D eigenvalue weighted by Gasteiger charge is -2.07. The number of para-hydroxylation sites is 1. The quantitative estimate of drug-likeness (QED) is 0.685. The largest absolute Gasteiger partial charge is 0.296 e. The number of fused-ring (bicyclic) bond motifs is 1. The lowest BCUT2D eigenvalue weighted by Crippen LogP contribution is -2.03. The summed E-state index contributed by atoms with van der Waals surface area (Å²) < 4.78 is 1.82. The minimum Gasteiger partial charge on any atom is -0.296 e. The van der Waals surface area contributed by atoms with Crippen molar-refractivity contribution in [1.82, 2.24) is 9.78 Å². The summed E-state index contributed by atoms with van der Waals surface area (Å²) in [6, 6.07) is 13.6. The molecule has 0 unspecified atom stereocenters. The molecule has 4 heteroatoms. The van der Waals surface area contributed by atoms with E-state index < -0.39 is 0 Å². The van der Waals surface area contributed by atoms with E-state index in [4.69, 9.17) is 11.6 Å². The molecule has 3 rings (SSSR count). The van der Waals surface area contributed by atoms with Gasteiger partial charge in [-0.15, -0.1) is 0 Å². The van der Waals surface area contributed by atoms with Gasteiger partial charge in [-0.05, 0) is 30.2 Å². The highest BCUT2D eigenvalue weighted by Crippen LogP contribution is 2.22. The molecule has 0 radical (unpaired) electrons. The van der Waals surface area contributed by atoms with Crippen molar-refractivity contribution in [3.05, 3.63) is 64.3 Å². The Bertz CT molecular complexity index is 792. The second-order valence-electron chi connectivity index (χ2n) is 4.77. The number of rotatable bonds is 3. The first-order valence-corrected chi connectivity index (χ1v) is 6.72. The first kappa shape index (κ1) is 12.9. The number of carbonyl (C=O) groups excluding carboxylic acids is 1. The highest BCUT2D eigenvalue weighted by Gasteiger charge is 2.10. The second kappa shape index (κ2) is 5.10. The summed E-state index contributed by atoms with van der Waals surface area (Å²) in [7, 11) is 0. The molecule has 100 valence electrons. The number of carbonyl (C=O) groups is 1. The van der Waals surface area contributed by atoms with Crippen LogP contribution in [0.5, 0.6) is 0 Å². The highest BCUT2D eigenvalue weighted by molar-refractivity contribution is 6.31. The van der Waals surface area contributed by atoms with Gasteiger partial charge in [0.15, 0.2) is 6.29 Å². The monoisotopic (exact) mass is 284 g/mol. The molecule has 3 nitrogen and oxygen atoms in total. The third-order valence-electron chi connectivity index (χ3n) is 3.33. The molecule has 3 aromatic rings. The molecular weight excluding hydrogens is 272 g/mol. The van der Waals surface area contributed by atoms with Crippen LogP contribution in [0.3, 0.4) is 0 Å². The normalized spacial score (nSPS) is 10.9. The van der Waals surface area contributed by atoms with Crippen molar-refractivity contribution in [3.63, 3.8) is 0 Å². The predicted molar refractivity (Wildman–Crippen MR) is 80.4 cm³/mol. The van der Waals surface area contributed by atoms with E-state index >= 15 is 0 Å². The Kier molecular flexibility index (Phi) is 3.28. The van der Waals surface area contributed by atoms with Crippen LogP contribution in [0.15, 0.2) is 42.5 Å². The van der Waals surface area contributed by atoms with Crippen molar-refractivity contribution in [3.8, 4) is 0 Å². The van der Waals surface area contributed by atoms with Crippen LogP contribution in [0.2, 0.25) is 5.02 Å². The zero-order chi connectivity index (χ0) is 14.1. The highest BCUT2D eigenvalue weighted by atomic mass is 35.5. The fourth-order valence-electron chi connectivity index (χ4n) is 2.30. The van der Waals surface area contributed by atoms with Crippen LogP contribution < -0.4 is 0 Å². The van der Waals surface area contributed by atoms with E-state index in [9.17, 15) is 4.79 Å². The maximum absolute atomic E-state index is 11.1. The Labute approximate surface area is 121 Å². The maximum atomic E-state index is 11.1. The van der Waals surface area contributed by atoms with E-state index in [2.05, 4.69) is 5.10 Å². The molecule has 0 bridgehead atoms. The van der Waals surface area contributed by atoms with Crippen LogP contribution in [0.25, 0.3) is 10.9 Å². The lowest BCUT2D eigenvalue weighted by molar-refractivity contribution is 0.111. The average Bonchev–Trinajstić information content (AvgIpc) is 2.80. The number of benzene rings is 2. The van der Waals surface area contributed by atoms with Crippen molar-refractivity contribution in [2.45, 2.75) is 13.5 Å². The van der Waals surface area contributed by atoms with E-state index in [1.807, 2.05) is 54.1 Å². The van der Waals surface area contributed by atoms with Gasteiger partial charge in [-0.3, -0.25) is 9.48 Å².